The van der Waals surface area contributed by atoms with Gasteiger partial charge in [0.25, 0.3) is 0 Å². The average molecular weight is 385 g/mol. The van der Waals surface area contributed by atoms with E-state index in [1.165, 1.54) is 50.8 Å². The van der Waals surface area contributed by atoms with Crippen molar-refractivity contribution in [3.05, 3.63) is 29.8 Å². The van der Waals surface area contributed by atoms with Gasteiger partial charge < -0.3 is 20.3 Å². The van der Waals surface area contributed by atoms with E-state index in [2.05, 4.69) is 53.6 Å². The molecule has 2 fully saturated rings. The molecule has 1 spiro atoms. The van der Waals surface area contributed by atoms with Crippen molar-refractivity contribution in [2.24, 2.45) is 10.9 Å². The summed E-state index contributed by atoms with van der Waals surface area (Å²) in [6.45, 7) is 9.73. The number of guanidine groups is 1. The van der Waals surface area contributed by atoms with Crippen molar-refractivity contribution in [2.75, 3.05) is 32.7 Å². The maximum Gasteiger partial charge on any atom is 0.191 e. The highest BCUT2D eigenvalue weighted by Crippen LogP contribution is 2.46. The van der Waals surface area contributed by atoms with Gasteiger partial charge in [-0.05, 0) is 64.1 Å². The largest absolute Gasteiger partial charge is 0.487 e. The monoisotopic (exact) mass is 384 g/mol. The summed E-state index contributed by atoms with van der Waals surface area (Å²) in [6.07, 6.45) is 7.18. The van der Waals surface area contributed by atoms with Gasteiger partial charge in [-0.2, -0.15) is 0 Å². The van der Waals surface area contributed by atoms with Crippen LogP contribution in [0.15, 0.2) is 29.3 Å². The number of nitrogens with one attached hydrogen (secondary N) is 2. The molecule has 2 aliphatic heterocycles. The molecule has 1 aromatic carbocycles. The summed E-state index contributed by atoms with van der Waals surface area (Å²) in [6, 6.07) is 8.80. The van der Waals surface area contributed by atoms with E-state index >= 15 is 0 Å². The number of rotatable bonds is 5. The lowest BCUT2D eigenvalue weighted by atomic mass is 9.86. The van der Waals surface area contributed by atoms with Crippen molar-refractivity contribution in [3.8, 4) is 5.75 Å². The highest BCUT2D eigenvalue weighted by Gasteiger charge is 2.43. The number of likely N-dealkylation sites (tertiary alicyclic amines) is 1. The Balaban J connectivity index is 1.48. The number of nitrogens with zero attached hydrogens (tertiary/aromatic N) is 2. The summed E-state index contributed by atoms with van der Waals surface area (Å²) >= 11 is 0. The molecule has 2 atom stereocenters. The van der Waals surface area contributed by atoms with E-state index in [4.69, 9.17) is 9.73 Å². The number of para-hydroxylation sites is 1. The molecule has 4 rings (SSSR count). The van der Waals surface area contributed by atoms with E-state index in [0.717, 1.165) is 37.8 Å². The van der Waals surface area contributed by atoms with Gasteiger partial charge in [-0.3, -0.25) is 4.99 Å². The lowest BCUT2D eigenvalue weighted by molar-refractivity contribution is 0.0396. The molecule has 154 valence electrons. The number of hydrogen-bond acceptors (Lipinski definition) is 3. The molecule has 5 nitrogen and oxygen atoms in total. The van der Waals surface area contributed by atoms with Gasteiger partial charge in [0.1, 0.15) is 11.4 Å². The van der Waals surface area contributed by atoms with Crippen LogP contribution < -0.4 is 15.4 Å². The van der Waals surface area contributed by atoms with E-state index in [9.17, 15) is 0 Å². The summed E-state index contributed by atoms with van der Waals surface area (Å²) in [7, 11) is 0. The first-order valence-electron chi connectivity index (χ1n) is 11.3. The quantitative estimate of drug-likeness (QED) is 0.600. The van der Waals surface area contributed by atoms with Crippen molar-refractivity contribution < 1.29 is 4.74 Å². The first kappa shape index (κ1) is 19.6. The molecule has 2 heterocycles. The van der Waals surface area contributed by atoms with Crippen LogP contribution in [0.3, 0.4) is 0 Å². The summed E-state index contributed by atoms with van der Waals surface area (Å²) < 4.78 is 6.51. The Bertz CT molecular complexity index is 683. The van der Waals surface area contributed by atoms with Gasteiger partial charge >= 0.3 is 0 Å². The first-order valence-corrected chi connectivity index (χ1v) is 11.3. The lowest BCUT2D eigenvalue weighted by Gasteiger charge is -2.40. The Labute approximate surface area is 169 Å². The van der Waals surface area contributed by atoms with Gasteiger partial charge in [-0.15, -0.1) is 0 Å². The van der Waals surface area contributed by atoms with Crippen LogP contribution in [-0.4, -0.2) is 49.2 Å². The molecular weight excluding hydrogens is 348 g/mol. The van der Waals surface area contributed by atoms with Gasteiger partial charge in [-0.1, -0.05) is 25.1 Å². The van der Waals surface area contributed by atoms with Crippen LogP contribution >= 0.6 is 0 Å². The van der Waals surface area contributed by atoms with Crippen molar-refractivity contribution in [1.29, 1.82) is 0 Å². The van der Waals surface area contributed by atoms with E-state index in [0.29, 0.717) is 5.92 Å². The van der Waals surface area contributed by atoms with Crippen molar-refractivity contribution in [2.45, 2.75) is 64.0 Å². The Hall–Kier alpha value is -1.75. The average Bonchev–Trinajstić information content (AvgIpc) is 3.36. The van der Waals surface area contributed by atoms with Crippen molar-refractivity contribution in [1.82, 2.24) is 15.5 Å². The predicted octanol–water partition coefficient (Wildman–Crippen LogP) is 3.72. The van der Waals surface area contributed by atoms with Crippen LogP contribution in [0.1, 0.15) is 64.0 Å². The predicted molar refractivity (Wildman–Crippen MR) is 115 cm³/mol. The SMILES string of the molecule is CCNC(=NCC1CCN(CC)C1)NC1CC2(CCCC2)Oc2ccccc21. The molecule has 0 bridgehead atoms. The number of hydrogen-bond donors (Lipinski definition) is 2. The second kappa shape index (κ2) is 8.73. The van der Waals surface area contributed by atoms with E-state index in [-0.39, 0.29) is 11.6 Å². The number of fused-ring (bicyclic) bond motifs is 1. The fourth-order valence-corrected chi connectivity index (χ4v) is 5.13. The van der Waals surface area contributed by atoms with Crippen LogP contribution in [0.2, 0.25) is 0 Å². The third-order valence-electron chi connectivity index (χ3n) is 6.69. The van der Waals surface area contributed by atoms with Crippen LogP contribution in [0.5, 0.6) is 5.75 Å². The highest BCUT2D eigenvalue weighted by molar-refractivity contribution is 5.80. The first-order chi connectivity index (χ1) is 13.7. The fraction of sp³-hybridized carbons (Fsp3) is 0.696. The van der Waals surface area contributed by atoms with Gasteiger partial charge in [-0.25, -0.2) is 0 Å². The number of ether oxygens (including phenoxy) is 1. The Morgan fingerprint density at radius 2 is 2.07 bits per heavy atom. The maximum atomic E-state index is 6.51. The molecule has 1 aliphatic carbocycles. The zero-order valence-electron chi connectivity index (χ0n) is 17.5. The molecule has 0 radical (unpaired) electrons. The van der Waals surface area contributed by atoms with Crippen LogP contribution in [0.25, 0.3) is 0 Å². The van der Waals surface area contributed by atoms with E-state index in [1.54, 1.807) is 0 Å². The third kappa shape index (κ3) is 4.29. The van der Waals surface area contributed by atoms with E-state index < -0.39 is 0 Å². The molecule has 2 unspecified atom stereocenters. The second-order valence-corrected chi connectivity index (χ2v) is 8.70. The molecular formula is C23H36N4O. The summed E-state index contributed by atoms with van der Waals surface area (Å²) in [5, 5.41) is 7.23. The minimum absolute atomic E-state index is 0.0103. The Morgan fingerprint density at radius 3 is 2.82 bits per heavy atom. The maximum absolute atomic E-state index is 6.51. The summed E-state index contributed by atoms with van der Waals surface area (Å²) in [4.78, 5) is 7.50. The molecule has 1 saturated heterocycles. The van der Waals surface area contributed by atoms with E-state index in [1.807, 2.05) is 0 Å². The molecule has 5 heteroatoms. The molecule has 1 saturated carbocycles. The summed E-state index contributed by atoms with van der Waals surface area (Å²) in [5.41, 5.74) is 1.28. The van der Waals surface area contributed by atoms with Crippen LogP contribution in [-0.2, 0) is 0 Å². The second-order valence-electron chi connectivity index (χ2n) is 8.70. The third-order valence-corrected chi connectivity index (χ3v) is 6.69. The van der Waals surface area contributed by atoms with Crippen LogP contribution in [0.4, 0.5) is 0 Å². The normalized spacial score (nSPS) is 26.9. The van der Waals surface area contributed by atoms with Crippen LogP contribution in [0, 0.1) is 5.92 Å². The number of benzene rings is 1. The molecule has 1 aromatic rings. The Morgan fingerprint density at radius 1 is 1.25 bits per heavy atom. The molecule has 3 aliphatic rings. The van der Waals surface area contributed by atoms with Gasteiger partial charge in [0.2, 0.25) is 0 Å². The topological polar surface area (TPSA) is 48.9 Å². The van der Waals surface area contributed by atoms with Gasteiger partial charge in [0.15, 0.2) is 5.96 Å². The highest BCUT2D eigenvalue weighted by atomic mass is 16.5. The molecule has 0 amide bonds. The van der Waals surface area contributed by atoms with Crippen molar-refractivity contribution >= 4 is 5.96 Å². The minimum atomic E-state index is 0.0103. The fourth-order valence-electron chi connectivity index (χ4n) is 5.13. The zero-order valence-corrected chi connectivity index (χ0v) is 17.5. The van der Waals surface area contributed by atoms with Gasteiger partial charge in [0, 0.05) is 31.6 Å². The molecule has 2 N–H and O–H groups in total. The molecule has 28 heavy (non-hydrogen) atoms. The summed E-state index contributed by atoms with van der Waals surface area (Å²) in [5.74, 6) is 2.68. The van der Waals surface area contributed by atoms with Crippen molar-refractivity contribution in [3.63, 3.8) is 0 Å². The smallest absolute Gasteiger partial charge is 0.191 e. The standard InChI is InChI=1S/C23H36N4O/c1-3-24-22(25-16-18-11-14-27(4-2)17-18)26-20-15-23(12-7-8-13-23)28-21-10-6-5-9-19(20)21/h5-6,9-10,18,20H,3-4,7-8,11-17H2,1-2H3,(H2,24,25,26). The van der Waals surface area contributed by atoms with Gasteiger partial charge in [0.05, 0.1) is 6.04 Å². The minimum Gasteiger partial charge on any atom is -0.487 e. The zero-order chi connectivity index (χ0) is 19.4. The lowest BCUT2D eigenvalue weighted by Crippen LogP contribution is -2.46. The molecule has 0 aromatic heterocycles. The number of aliphatic imine (C=N–C) groups is 1. The Kier molecular flexibility index (Phi) is 6.10.